The average Bonchev–Trinajstić information content (AvgIpc) is 2.57. The molecule has 0 amide bonds. The molecule has 25 heavy (non-hydrogen) atoms. The Morgan fingerprint density at radius 2 is 1.56 bits per heavy atom. The maximum atomic E-state index is 13.0. The van der Waals surface area contributed by atoms with E-state index >= 15 is 0 Å². The Hall–Kier alpha value is -2.05. The summed E-state index contributed by atoms with van der Waals surface area (Å²) in [6.07, 6.45) is 0. The summed E-state index contributed by atoms with van der Waals surface area (Å²) >= 11 is 3.43. The molecule has 0 aromatic heterocycles. The van der Waals surface area contributed by atoms with E-state index in [0.29, 0.717) is 16.8 Å². The lowest BCUT2D eigenvalue weighted by molar-refractivity contribution is 0.419. The van der Waals surface area contributed by atoms with E-state index in [2.05, 4.69) is 20.7 Å². The Morgan fingerprint density at radius 3 is 2.16 bits per heavy atom. The van der Waals surface area contributed by atoms with E-state index < -0.39 is 10.0 Å². The van der Waals surface area contributed by atoms with Crippen LogP contribution in [0.15, 0.2) is 57.9 Å². The van der Waals surface area contributed by atoms with Crippen LogP contribution in [0.1, 0.15) is 11.1 Å². The molecule has 3 aromatic rings. The maximum absolute atomic E-state index is 13.0. The number of aryl methyl sites for hydroxylation is 2. The van der Waals surface area contributed by atoms with Gasteiger partial charge in [-0.05, 0) is 49.2 Å². The van der Waals surface area contributed by atoms with Crippen molar-refractivity contribution in [3.05, 3.63) is 64.1 Å². The van der Waals surface area contributed by atoms with E-state index in [1.165, 1.54) is 0 Å². The quantitative estimate of drug-likeness (QED) is 0.644. The Bertz CT molecular complexity index is 1040. The molecule has 130 valence electrons. The van der Waals surface area contributed by atoms with Gasteiger partial charge in [-0.25, -0.2) is 8.42 Å². The Kier molecular flexibility index (Phi) is 4.75. The summed E-state index contributed by atoms with van der Waals surface area (Å²) in [5, 5.41) is 1.39. The van der Waals surface area contributed by atoms with Gasteiger partial charge in [-0.15, -0.1) is 0 Å². The molecule has 0 saturated carbocycles. The molecular weight excluding hydrogens is 402 g/mol. The van der Waals surface area contributed by atoms with Crippen LogP contribution in [0, 0.1) is 13.8 Å². The normalized spacial score (nSPS) is 11.5. The maximum Gasteiger partial charge on any atom is 0.262 e. The fourth-order valence-electron chi connectivity index (χ4n) is 2.92. The molecule has 0 saturated heterocycles. The number of hydrogen-bond donors (Lipinski definition) is 1. The molecule has 0 aliphatic rings. The van der Waals surface area contributed by atoms with Crippen LogP contribution in [0.4, 0.5) is 5.69 Å². The second-order valence-corrected chi connectivity index (χ2v) is 8.40. The van der Waals surface area contributed by atoms with Gasteiger partial charge in [0.25, 0.3) is 10.0 Å². The number of benzene rings is 3. The van der Waals surface area contributed by atoms with Gasteiger partial charge < -0.3 is 4.74 Å². The molecule has 0 heterocycles. The summed E-state index contributed by atoms with van der Waals surface area (Å²) in [5.74, 6) is 0.644. The lowest BCUT2D eigenvalue weighted by atomic mass is 10.1. The van der Waals surface area contributed by atoms with Gasteiger partial charge in [0, 0.05) is 15.2 Å². The minimum Gasteiger partial charge on any atom is -0.496 e. The summed E-state index contributed by atoms with van der Waals surface area (Å²) in [4.78, 5) is 0.227. The first-order valence-corrected chi connectivity index (χ1v) is 9.96. The van der Waals surface area contributed by atoms with Crippen molar-refractivity contribution in [3.63, 3.8) is 0 Å². The zero-order valence-electron chi connectivity index (χ0n) is 14.1. The smallest absolute Gasteiger partial charge is 0.262 e. The van der Waals surface area contributed by atoms with Crippen LogP contribution >= 0.6 is 15.9 Å². The van der Waals surface area contributed by atoms with Gasteiger partial charge in [0.2, 0.25) is 0 Å². The number of nitrogens with one attached hydrogen (secondary N) is 1. The third kappa shape index (κ3) is 3.37. The van der Waals surface area contributed by atoms with Crippen molar-refractivity contribution in [1.82, 2.24) is 0 Å². The number of methoxy groups -OCH3 is 1. The van der Waals surface area contributed by atoms with Crippen molar-refractivity contribution in [2.75, 3.05) is 11.8 Å². The number of sulfonamides is 1. The average molecular weight is 420 g/mol. The van der Waals surface area contributed by atoms with E-state index in [4.69, 9.17) is 4.74 Å². The topological polar surface area (TPSA) is 55.4 Å². The first kappa shape index (κ1) is 17.8. The fraction of sp³-hybridized carbons (Fsp3) is 0.158. The zero-order valence-corrected chi connectivity index (χ0v) is 16.5. The molecule has 0 atom stereocenters. The summed E-state index contributed by atoms with van der Waals surface area (Å²) in [6, 6.07) is 14.3. The number of halogens is 1. The van der Waals surface area contributed by atoms with Gasteiger partial charge in [-0.2, -0.15) is 0 Å². The lowest BCUT2D eigenvalue weighted by Gasteiger charge is -2.16. The van der Waals surface area contributed by atoms with Crippen molar-refractivity contribution < 1.29 is 13.2 Å². The summed E-state index contributed by atoms with van der Waals surface area (Å²) in [5.41, 5.74) is 2.31. The van der Waals surface area contributed by atoms with Crippen LogP contribution < -0.4 is 9.46 Å². The predicted molar refractivity (Wildman–Crippen MR) is 105 cm³/mol. The second-order valence-electron chi connectivity index (χ2n) is 5.83. The monoisotopic (exact) mass is 419 g/mol. The minimum absolute atomic E-state index is 0.227. The third-order valence-corrected chi connectivity index (χ3v) is 5.95. The molecule has 0 bridgehead atoms. The van der Waals surface area contributed by atoms with Crippen molar-refractivity contribution in [2.24, 2.45) is 0 Å². The van der Waals surface area contributed by atoms with E-state index in [1.807, 2.05) is 44.2 Å². The van der Waals surface area contributed by atoms with E-state index in [-0.39, 0.29) is 4.90 Å². The van der Waals surface area contributed by atoms with E-state index in [9.17, 15) is 8.42 Å². The summed E-state index contributed by atoms with van der Waals surface area (Å²) in [6.45, 7) is 3.75. The molecule has 1 N–H and O–H groups in total. The molecule has 0 aliphatic carbocycles. The molecule has 3 aromatic carbocycles. The Balaban J connectivity index is 2.15. The largest absolute Gasteiger partial charge is 0.496 e. The number of fused-ring (bicyclic) bond motifs is 1. The van der Waals surface area contributed by atoms with E-state index in [1.54, 1.807) is 25.3 Å². The first-order valence-electron chi connectivity index (χ1n) is 7.69. The second kappa shape index (κ2) is 6.69. The molecule has 0 spiro atoms. The predicted octanol–water partition coefficient (Wildman–Crippen LogP) is 5.03. The van der Waals surface area contributed by atoms with Crippen molar-refractivity contribution in [1.29, 1.82) is 0 Å². The highest BCUT2D eigenvalue weighted by Gasteiger charge is 2.20. The molecule has 0 radical (unpaired) electrons. The van der Waals surface area contributed by atoms with Crippen molar-refractivity contribution >= 4 is 42.4 Å². The van der Waals surface area contributed by atoms with Crippen LogP contribution in [0.5, 0.6) is 5.75 Å². The van der Waals surface area contributed by atoms with Crippen LogP contribution in [0.25, 0.3) is 10.8 Å². The van der Waals surface area contributed by atoms with Gasteiger partial charge in [0.1, 0.15) is 5.75 Å². The molecule has 0 fully saturated rings. The van der Waals surface area contributed by atoms with Gasteiger partial charge >= 0.3 is 0 Å². The highest BCUT2D eigenvalue weighted by molar-refractivity contribution is 9.10. The van der Waals surface area contributed by atoms with Gasteiger partial charge in [-0.3, -0.25) is 4.72 Å². The highest BCUT2D eigenvalue weighted by Crippen LogP contribution is 2.33. The van der Waals surface area contributed by atoms with Crippen molar-refractivity contribution in [3.8, 4) is 5.75 Å². The summed E-state index contributed by atoms with van der Waals surface area (Å²) < 4.78 is 35.1. The van der Waals surface area contributed by atoms with Crippen LogP contribution in [0.3, 0.4) is 0 Å². The SMILES string of the molecule is COc1ccc(S(=O)(=O)Nc2c(C)cc(Br)cc2C)c2ccccc12. The Labute approximate surface area is 156 Å². The van der Waals surface area contributed by atoms with Crippen LogP contribution in [0.2, 0.25) is 0 Å². The zero-order chi connectivity index (χ0) is 18.2. The lowest BCUT2D eigenvalue weighted by Crippen LogP contribution is -2.15. The molecule has 4 nitrogen and oxygen atoms in total. The number of rotatable bonds is 4. The molecular formula is C19H18BrNO3S. The summed E-state index contributed by atoms with van der Waals surface area (Å²) in [7, 11) is -2.17. The van der Waals surface area contributed by atoms with Crippen LogP contribution in [-0.2, 0) is 10.0 Å². The molecule has 0 aliphatic heterocycles. The third-order valence-electron chi connectivity index (χ3n) is 4.09. The minimum atomic E-state index is -3.74. The van der Waals surface area contributed by atoms with Gasteiger partial charge in [0.05, 0.1) is 17.7 Å². The first-order chi connectivity index (χ1) is 11.8. The fourth-order valence-corrected chi connectivity index (χ4v) is 5.02. The van der Waals surface area contributed by atoms with Crippen LogP contribution in [-0.4, -0.2) is 15.5 Å². The molecule has 3 rings (SSSR count). The Morgan fingerprint density at radius 1 is 0.960 bits per heavy atom. The molecule has 6 heteroatoms. The van der Waals surface area contributed by atoms with E-state index in [0.717, 1.165) is 21.0 Å². The van der Waals surface area contributed by atoms with Gasteiger partial charge in [0.15, 0.2) is 0 Å². The number of hydrogen-bond acceptors (Lipinski definition) is 3. The highest BCUT2D eigenvalue weighted by atomic mass is 79.9. The van der Waals surface area contributed by atoms with Crippen molar-refractivity contribution in [2.45, 2.75) is 18.7 Å². The number of anilines is 1. The van der Waals surface area contributed by atoms with Gasteiger partial charge in [-0.1, -0.05) is 40.2 Å². The molecule has 0 unspecified atom stereocenters. The standard InChI is InChI=1S/C19H18BrNO3S/c1-12-10-14(20)11-13(2)19(12)21-25(22,23)18-9-8-17(24-3)15-6-4-5-7-16(15)18/h4-11,21H,1-3H3. The number of ether oxygens (including phenoxy) is 1.